The molecule has 0 radical (unpaired) electrons. The molecule has 3 fully saturated rings. The van der Waals surface area contributed by atoms with Crippen LogP contribution in [0.4, 0.5) is 14.9 Å². The molecule has 3 atom stereocenters. The van der Waals surface area contributed by atoms with E-state index in [1.54, 1.807) is 30.1 Å². The third-order valence-corrected chi connectivity index (χ3v) is 7.04. The van der Waals surface area contributed by atoms with E-state index in [1.165, 1.54) is 22.1 Å². The molecule has 8 heteroatoms. The molecule has 3 aliphatic rings. The summed E-state index contributed by atoms with van der Waals surface area (Å²) in [6, 6.07) is 11.6. The van der Waals surface area contributed by atoms with Crippen LogP contribution in [0.1, 0.15) is 23.1 Å². The van der Waals surface area contributed by atoms with Gasteiger partial charge in [-0.15, -0.1) is 0 Å². The summed E-state index contributed by atoms with van der Waals surface area (Å²) in [5, 5.41) is 3.53. The van der Waals surface area contributed by atoms with Gasteiger partial charge in [-0.05, 0) is 43.5 Å². The lowest BCUT2D eigenvalue weighted by atomic mass is 10.1. The molecule has 3 amide bonds. The normalized spacial score (nSPS) is 25.9. The largest absolute Gasteiger partial charge is 0.343 e. The second-order valence-electron chi connectivity index (χ2n) is 8.84. The van der Waals surface area contributed by atoms with Crippen molar-refractivity contribution in [1.82, 2.24) is 20.0 Å². The van der Waals surface area contributed by atoms with Crippen LogP contribution < -0.4 is 10.2 Å². The van der Waals surface area contributed by atoms with E-state index in [0.717, 1.165) is 25.2 Å². The lowest BCUT2D eigenvalue weighted by molar-refractivity contribution is -0.139. The lowest BCUT2D eigenvalue weighted by Gasteiger charge is -2.44. The molecule has 0 aromatic heterocycles. The Kier molecular flexibility index (Phi) is 5.14. The van der Waals surface area contributed by atoms with E-state index in [1.807, 2.05) is 0 Å². The summed E-state index contributed by atoms with van der Waals surface area (Å²) in [5.74, 6) is -0.696. The molecular weight excluding hydrogens is 409 g/mol. The lowest BCUT2D eigenvalue weighted by Crippen LogP contribution is -2.66. The molecule has 0 spiro atoms. The number of anilines is 1. The van der Waals surface area contributed by atoms with Crippen molar-refractivity contribution in [2.45, 2.75) is 45.3 Å². The van der Waals surface area contributed by atoms with Crippen molar-refractivity contribution in [3.05, 3.63) is 65.0 Å². The van der Waals surface area contributed by atoms with Crippen LogP contribution in [0.25, 0.3) is 0 Å². The first-order valence-corrected chi connectivity index (χ1v) is 11.0. The number of aryl methyl sites for hydroxylation is 1. The molecule has 3 aliphatic heterocycles. The van der Waals surface area contributed by atoms with Crippen molar-refractivity contribution in [2.24, 2.45) is 0 Å². The predicted molar refractivity (Wildman–Crippen MR) is 119 cm³/mol. The molecule has 3 heterocycles. The molecule has 32 heavy (non-hydrogen) atoms. The van der Waals surface area contributed by atoms with Gasteiger partial charge in [0, 0.05) is 31.4 Å². The van der Waals surface area contributed by atoms with Crippen LogP contribution in [0.5, 0.6) is 0 Å². The fourth-order valence-corrected chi connectivity index (χ4v) is 5.15. The summed E-state index contributed by atoms with van der Waals surface area (Å²) in [6.07, 6.45) is 0.294. The monoisotopic (exact) mass is 437 g/mol. The van der Waals surface area contributed by atoms with Gasteiger partial charge in [0.15, 0.2) is 0 Å². The Balaban J connectivity index is 1.46. The van der Waals surface area contributed by atoms with E-state index in [2.05, 4.69) is 47.2 Å². The molecule has 2 aromatic carbocycles. The maximum atomic E-state index is 14.2. The van der Waals surface area contributed by atoms with Gasteiger partial charge in [0.25, 0.3) is 5.91 Å². The number of rotatable bonds is 3. The van der Waals surface area contributed by atoms with Crippen molar-refractivity contribution in [3.63, 3.8) is 0 Å². The number of nitrogens with one attached hydrogen (secondary N) is 1. The summed E-state index contributed by atoms with van der Waals surface area (Å²) >= 11 is 0. The van der Waals surface area contributed by atoms with Gasteiger partial charge in [0.2, 0.25) is 0 Å². The molecule has 2 aromatic rings. The van der Waals surface area contributed by atoms with Gasteiger partial charge in [0.1, 0.15) is 24.3 Å². The molecule has 168 valence electrons. The standard InChI is InChI=1S/C24H28FN5O2/c1-15-8-6-11-19(16(15)2)28-12-7-13-29-20-21(26-23(28)29)27(3)24(32)30(22(20)31)14-17-9-4-5-10-18(17)25/h4-6,8-11,20-21,23,26H,7,12-14H2,1-3H3. The second-order valence-corrected chi connectivity index (χ2v) is 8.84. The Hall–Kier alpha value is -2.97. The van der Waals surface area contributed by atoms with Crippen LogP contribution in [0.3, 0.4) is 0 Å². The van der Waals surface area contributed by atoms with E-state index in [9.17, 15) is 14.0 Å². The minimum atomic E-state index is -0.512. The van der Waals surface area contributed by atoms with Crippen LogP contribution in [-0.4, -0.2) is 65.3 Å². The van der Waals surface area contributed by atoms with Gasteiger partial charge in [0.05, 0.1) is 6.54 Å². The van der Waals surface area contributed by atoms with Crippen LogP contribution in [0.2, 0.25) is 0 Å². The van der Waals surface area contributed by atoms with Crippen molar-refractivity contribution in [2.75, 3.05) is 25.0 Å². The van der Waals surface area contributed by atoms with Crippen molar-refractivity contribution >= 4 is 17.6 Å². The number of benzene rings is 2. The smallest absolute Gasteiger partial charge is 0.328 e. The van der Waals surface area contributed by atoms with Crippen molar-refractivity contribution in [3.8, 4) is 0 Å². The maximum Gasteiger partial charge on any atom is 0.328 e. The fraction of sp³-hybridized carbons (Fsp3) is 0.417. The second kappa shape index (κ2) is 7.86. The Labute approximate surface area is 187 Å². The SMILES string of the molecule is Cc1cccc(N2CCCN3C4C(=O)N(Cc5ccccc5F)C(=O)N(C)C4NC23)c1C. The summed E-state index contributed by atoms with van der Waals surface area (Å²) in [5.41, 5.74) is 3.90. The minimum Gasteiger partial charge on any atom is -0.343 e. The van der Waals surface area contributed by atoms with Crippen LogP contribution in [0.15, 0.2) is 42.5 Å². The average molecular weight is 438 g/mol. The summed E-state index contributed by atoms with van der Waals surface area (Å²) in [4.78, 5) is 33.8. The summed E-state index contributed by atoms with van der Waals surface area (Å²) in [7, 11) is 1.70. The average Bonchev–Trinajstić information content (AvgIpc) is 3.18. The first kappa shape index (κ1) is 20.9. The number of urea groups is 1. The third kappa shape index (κ3) is 3.17. The highest BCUT2D eigenvalue weighted by atomic mass is 19.1. The highest BCUT2D eigenvalue weighted by Gasteiger charge is 2.56. The first-order valence-electron chi connectivity index (χ1n) is 11.0. The molecule has 1 N–H and O–H groups in total. The number of amides is 3. The Morgan fingerprint density at radius 2 is 1.84 bits per heavy atom. The van der Waals surface area contributed by atoms with Gasteiger partial charge >= 0.3 is 6.03 Å². The van der Waals surface area contributed by atoms with E-state index in [0.29, 0.717) is 5.56 Å². The highest BCUT2D eigenvalue weighted by molar-refractivity contribution is 6.00. The van der Waals surface area contributed by atoms with Gasteiger partial charge in [-0.2, -0.15) is 0 Å². The maximum absolute atomic E-state index is 14.2. The van der Waals surface area contributed by atoms with E-state index in [4.69, 9.17) is 0 Å². The topological polar surface area (TPSA) is 59.1 Å². The number of likely N-dealkylation sites (N-methyl/N-ethyl adjacent to an activating group) is 1. The fourth-order valence-electron chi connectivity index (χ4n) is 5.15. The van der Waals surface area contributed by atoms with Gasteiger partial charge < -0.3 is 9.80 Å². The van der Waals surface area contributed by atoms with Crippen molar-refractivity contribution in [1.29, 1.82) is 0 Å². The first-order chi connectivity index (χ1) is 15.4. The Morgan fingerprint density at radius 1 is 1.06 bits per heavy atom. The number of hydrogen-bond donors (Lipinski definition) is 1. The predicted octanol–water partition coefficient (Wildman–Crippen LogP) is 2.63. The number of hydrogen-bond acceptors (Lipinski definition) is 5. The van der Waals surface area contributed by atoms with Crippen molar-refractivity contribution < 1.29 is 14.0 Å². The van der Waals surface area contributed by atoms with Gasteiger partial charge in [-0.3, -0.25) is 19.9 Å². The van der Waals surface area contributed by atoms with Gasteiger partial charge in [-0.25, -0.2) is 9.18 Å². The zero-order valence-electron chi connectivity index (χ0n) is 18.6. The zero-order chi connectivity index (χ0) is 22.6. The molecule has 3 saturated heterocycles. The van der Waals surface area contributed by atoms with Gasteiger partial charge in [-0.1, -0.05) is 30.3 Å². The Morgan fingerprint density at radius 3 is 2.62 bits per heavy atom. The quantitative estimate of drug-likeness (QED) is 0.800. The van der Waals surface area contributed by atoms with Crippen LogP contribution in [-0.2, 0) is 11.3 Å². The van der Waals surface area contributed by atoms with E-state index in [-0.39, 0.29) is 18.7 Å². The molecule has 5 rings (SSSR count). The van der Waals surface area contributed by atoms with Crippen LogP contribution in [0, 0.1) is 19.7 Å². The molecule has 0 saturated carbocycles. The van der Waals surface area contributed by atoms with Crippen LogP contribution >= 0.6 is 0 Å². The number of fused-ring (bicyclic) bond motifs is 3. The summed E-state index contributed by atoms with van der Waals surface area (Å²) in [6.45, 7) is 5.75. The zero-order valence-corrected chi connectivity index (χ0v) is 18.6. The third-order valence-electron chi connectivity index (χ3n) is 7.04. The summed E-state index contributed by atoms with van der Waals surface area (Å²) < 4.78 is 14.2. The number of imide groups is 1. The molecule has 0 aliphatic carbocycles. The number of carbonyl (C=O) groups excluding carboxylic acids is 2. The Bertz CT molecular complexity index is 1080. The highest BCUT2D eigenvalue weighted by Crippen LogP contribution is 2.35. The number of carbonyl (C=O) groups is 2. The molecule has 0 bridgehead atoms. The van der Waals surface area contributed by atoms with E-state index < -0.39 is 24.1 Å². The molecule has 7 nitrogen and oxygen atoms in total. The molecular formula is C24H28FN5O2. The number of nitrogens with zero attached hydrogens (tertiary/aromatic N) is 4. The molecule has 3 unspecified atom stereocenters. The van der Waals surface area contributed by atoms with E-state index >= 15 is 0 Å². The number of halogens is 1. The minimum absolute atomic E-state index is 0.0723.